The summed E-state index contributed by atoms with van der Waals surface area (Å²) in [6.07, 6.45) is 0.515. The quantitative estimate of drug-likeness (QED) is 0.790. The number of aryl methyl sites for hydroxylation is 2. The second-order valence-electron chi connectivity index (χ2n) is 5.62. The third-order valence-electron chi connectivity index (χ3n) is 4.08. The molecule has 0 saturated carbocycles. The molecule has 1 amide bonds. The van der Waals surface area contributed by atoms with Crippen molar-refractivity contribution in [3.63, 3.8) is 0 Å². The number of rotatable bonds is 4. The molecule has 0 unspecified atom stereocenters. The molecule has 128 valence electrons. The van der Waals surface area contributed by atoms with Crippen LogP contribution < -0.4 is 0 Å². The molecule has 0 bridgehead atoms. The minimum absolute atomic E-state index is 0.152. The summed E-state index contributed by atoms with van der Waals surface area (Å²) >= 11 is 0. The van der Waals surface area contributed by atoms with Crippen LogP contribution >= 0.6 is 0 Å². The van der Waals surface area contributed by atoms with Gasteiger partial charge >= 0.3 is 5.97 Å². The number of carbonyl (C=O) groups excluding carboxylic acids is 2. The van der Waals surface area contributed by atoms with Gasteiger partial charge in [-0.1, -0.05) is 5.16 Å². The molecule has 0 aliphatic carbocycles. The molecule has 3 rings (SSSR count). The molecule has 2 aromatic heterocycles. The number of hydrogen-bond donors (Lipinski definition) is 0. The van der Waals surface area contributed by atoms with Crippen molar-refractivity contribution >= 4 is 11.9 Å². The zero-order chi connectivity index (χ0) is 17.3. The van der Waals surface area contributed by atoms with E-state index in [-0.39, 0.29) is 24.8 Å². The van der Waals surface area contributed by atoms with E-state index in [4.69, 9.17) is 9.26 Å². The Morgan fingerprint density at radius 3 is 2.83 bits per heavy atom. The van der Waals surface area contributed by atoms with Crippen LogP contribution in [0.3, 0.4) is 0 Å². The third kappa shape index (κ3) is 2.79. The highest BCUT2D eigenvalue weighted by atomic mass is 16.5. The second kappa shape index (κ2) is 6.46. The molecular weight excluding hydrogens is 312 g/mol. The van der Waals surface area contributed by atoms with Crippen molar-refractivity contribution in [2.24, 2.45) is 0 Å². The van der Waals surface area contributed by atoms with Gasteiger partial charge in [0.15, 0.2) is 11.4 Å². The molecule has 3 heterocycles. The fraction of sp³-hybridized carbons (Fsp3) is 0.500. The monoisotopic (exact) mass is 332 g/mol. The molecule has 8 nitrogen and oxygen atoms in total. The van der Waals surface area contributed by atoms with E-state index in [0.717, 1.165) is 5.69 Å². The molecule has 1 aliphatic rings. The SMILES string of the molecule is CCOC(=O)c1noc2c1CN(C(=O)c1cc(C)n(CC)n1)CC2. The van der Waals surface area contributed by atoms with Crippen molar-refractivity contribution in [1.29, 1.82) is 0 Å². The van der Waals surface area contributed by atoms with Crippen LogP contribution in [0.4, 0.5) is 0 Å². The van der Waals surface area contributed by atoms with Gasteiger partial charge in [0.25, 0.3) is 5.91 Å². The highest BCUT2D eigenvalue weighted by Gasteiger charge is 2.31. The minimum atomic E-state index is -0.525. The number of esters is 1. The number of aromatic nitrogens is 3. The van der Waals surface area contributed by atoms with E-state index < -0.39 is 5.97 Å². The van der Waals surface area contributed by atoms with Gasteiger partial charge in [-0.05, 0) is 26.8 Å². The van der Waals surface area contributed by atoms with Crippen LogP contribution in [0.1, 0.15) is 51.8 Å². The number of carbonyl (C=O) groups is 2. The van der Waals surface area contributed by atoms with Crippen molar-refractivity contribution in [3.8, 4) is 0 Å². The predicted molar refractivity (Wildman–Crippen MR) is 83.5 cm³/mol. The molecule has 0 fully saturated rings. The number of amides is 1. The molecule has 0 aromatic carbocycles. The largest absolute Gasteiger partial charge is 0.461 e. The van der Waals surface area contributed by atoms with Gasteiger partial charge in [-0.3, -0.25) is 9.48 Å². The van der Waals surface area contributed by atoms with E-state index >= 15 is 0 Å². The molecular formula is C16H20N4O4. The van der Waals surface area contributed by atoms with Gasteiger partial charge in [-0.25, -0.2) is 4.79 Å². The smallest absolute Gasteiger partial charge is 0.360 e. The lowest BCUT2D eigenvalue weighted by molar-refractivity contribution is 0.0510. The average molecular weight is 332 g/mol. The maximum absolute atomic E-state index is 12.7. The molecule has 2 aromatic rings. The minimum Gasteiger partial charge on any atom is -0.461 e. The van der Waals surface area contributed by atoms with Crippen molar-refractivity contribution in [1.82, 2.24) is 19.8 Å². The first-order valence-corrected chi connectivity index (χ1v) is 8.03. The summed E-state index contributed by atoms with van der Waals surface area (Å²) in [5, 5.41) is 8.14. The summed E-state index contributed by atoms with van der Waals surface area (Å²) < 4.78 is 12.0. The van der Waals surface area contributed by atoms with Crippen molar-refractivity contribution < 1.29 is 18.8 Å². The summed E-state index contributed by atoms with van der Waals surface area (Å²) in [5.41, 5.74) is 2.13. The average Bonchev–Trinajstić information content (AvgIpc) is 3.17. The Hall–Kier alpha value is -2.64. The molecule has 1 aliphatic heterocycles. The maximum atomic E-state index is 12.7. The van der Waals surface area contributed by atoms with Crippen LogP contribution in [-0.4, -0.2) is 44.9 Å². The Balaban J connectivity index is 1.82. The topological polar surface area (TPSA) is 90.5 Å². The van der Waals surface area contributed by atoms with E-state index in [2.05, 4.69) is 10.3 Å². The van der Waals surface area contributed by atoms with Gasteiger partial charge < -0.3 is 14.2 Å². The lowest BCUT2D eigenvalue weighted by atomic mass is 10.1. The van der Waals surface area contributed by atoms with Gasteiger partial charge in [-0.2, -0.15) is 5.10 Å². The molecule has 8 heteroatoms. The van der Waals surface area contributed by atoms with Crippen LogP contribution in [-0.2, 0) is 24.2 Å². The summed E-state index contributed by atoms with van der Waals surface area (Å²) in [6.45, 7) is 7.36. The Morgan fingerprint density at radius 1 is 1.38 bits per heavy atom. The van der Waals surface area contributed by atoms with Crippen LogP contribution in [0.5, 0.6) is 0 Å². The van der Waals surface area contributed by atoms with E-state index in [1.807, 2.05) is 13.8 Å². The Kier molecular flexibility index (Phi) is 4.37. The van der Waals surface area contributed by atoms with Gasteiger partial charge in [-0.15, -0.1) is 0 Å². The lowest BCUT2D eigenvalue weighted by Crippen LogP contribution is -2.36. The molecule has 0 spiro atoms. The Bertz CT molecular complexity index is 777. The molecule has 0 N–H and O–H groups in total. The predicted octanol–water partition coefficient (Wildman–Crippen LogP) is 1.57. The van der Waals surface area contributed by atoms with E-state index in [0.29, 0.717) is 36.5 Å². The number of ether oxygens (including phenoxy) is 1. The highest BCUT2D eigenvalue weighted by Crippen LogP contribution is 2.24. The van der Waals surface area contributed by atoms with Gasteiger partial charge in [0.1, 0.15) is 5.76 Å². The number of fused-ring (bicyclic) bond motifs is 1. The molecule has 0 saturated heterocycles. The van der Waals surface area contributed by atoms with Gasteiger partial charge in [0.05, 0.1) is 13.2 Å². The zero-order valence-corrected chi connectivity index (χ0v) is 14.0. The van der Waals surface area contributed by atoms with Crippen molar-refractivity contribution in [2.45, 2.75) is 40.3 Å². The second-order valence-corrected chi connectivity index (χ2v) is 5.62. The first-order chi connectivity index (χ1) is 11.5. The third-order valence-corrected chi connectivity index (χ3v) is 4.08. The van der Waals surface area contributed by atoms with E-state index in [1.165, 1.54) is 0 Å². The Morgan fingerprint density at radius 2 is 2.17 bits per heavy atom. The van der Waals surface area contributed by atoms with Gasteiger partial charge in [0, 0.05) is 30.8 Å². The van der Waals surface area contributed by atoms with E-state index in [9.17, 15) is 9.59 Å². The summed E-state index contributed by atoms with van der Waals surface area (Å²) in [6, 6.07) is 1.78. The molecule has 24 heavy (non-hydrogen) atoms. The summed E-state index contributed by atoms with van der Waals surface area (Å²) in [5.74, 6) is -0.0489. The van der Waals surface area contributed by atoms with Crippen molar-refractivity contribution in [2.75, 3.05) is 13.2 Å². The van der Waals surface area contributed by atoms with Gasteiger partial charge in [0.2, 0.25) is 0 Å². The van der Waals surface area contributed by atoms with Crippen LogP contribution in [0, 0.1) is 6.92 Å². The molecule has 0 atom stereocenters. The van der Waals surface area contributed by atoms with Crippen molar-refractivity contribution in [3.05, 3.63) is 34.5 Å². The first-order valence-electron chi connectivity index (χ1n) is 8.03. The normalized spacial score (nSPS) is 13.7. The van der Waals surface area contributed by atoms with E-state index in [1.54, 1.807) is 22.6 Å². The zero-order valence-electron chi connectivity index (χ0n) is 14.0. The summed E-state index contributed by atoms with van der Waals surface area (Å²) in [7, 11) is 0. The highest BCUT2D eigenvalue weighted by molar-refractivity contribution is 5.93. The summed E-state index contributed by atoms with van der Waals surface area (Å²) in [4.78, 5) is 26.3. The number of nitrogens with zero attached hydrogens (tertiary/aromatic N) is 4. The van der Waals surface area contributed by atoms with Crippen LogP contribution in [0.25, 0.3) is 0 Å². The standard InChI is InChI=1S/C16H20N4O4/c1-4-20-10(3)8-12(17-20)15(21)19-7-6-13-11(9-19)14(18-24-13)16(22)23-5-2/h8H,4-7,9H2,1-3H3. The number of hydrogen-bond acceptors (Lipinski definition) is 6. The first kappa shape index (κ1) is 16.2. The fourth-order valence-corrected chi connectivity index (χ4v) is 2.84. The lowest BCUT2D eigenvalue weighted by Gasteiger charge is -2.25. The van der Waals surface area contributed by atoms with Crippen LogP contribution in [0.2, 0.25) is 0 Å². The fourth-order valence-electron chi connectivity index (χ4n) is 2.84. The Labute approximate surface area is 139 Å². The maximum Gasteiger partial charge on any atom is 0.360 e. The molecule has 0 radical (unpaired) electrons. The van der Waals surface area contributed by atoms with Crippen LogP contribution in [0.15, 0.2) is 10.6 Å².